The topological polar surface area (TPSA) is 73.8 Å². The van der Waals surface area contributed by atoms with E-state index < -0.39 is 5.91 Å². The standard InChI is InChI=1S/C11H12N4O/c1-2-15-11(8-6-4-3-5-7-8)13-10(14-15)9(12)16/h3-7H,2H2,1H3,(H2,12,16). The van der Waals surface area contributed by atoms with Gasteiger partial charge in [-0.3, -0.25) is 4.79 Å². The number of amides is 1. The van der Waals surface area contributed by atoms with Crippen LogP contribution >= 0.6 is 0 Å². The van der Waals surface area contributed by atoms with Gasteiger partial charge in [-0.15, -0.1) is 5.10 Å². The van der Waals surface area contributed by atoms with Crippen LogP contribution in [0.5, 0.6) is 0 Å². The lowest BCUT2D eigenvalue weighted by Crippen LogP contribution is -2.13. The summed E-state index contributed by atoms with van der Waals surface area (Å²) in [6.07, 6.45) is 0. The van der Waals surface area contributed by atoms with Crippen LogP contribution in [0.25, 0.3) is 11.4 Å². The molecule has 16 heavy (non-hydrogen) atoms. The first-order chi connectivity index (χ1) is 7.72. The molecular weight excluding hydrogens is 204 g/mol. The number of benzene rings is 1. The summed E-state index contributed by atoms with van der Waals surface area (Å²) in [5, 5.41) is 4.04. The van der Waals surface area contributed by atoms with Crippen molar-refractivity contribution < 1.29 is 4.79 Å². The Bertz CT molecular complexity index is 504. The van der Waals surface area contributed by atoms with Crippen molar-refractivity contribution >= 4 is 5.91 Å². The molecule has 0 fully saturated rings. The smallest absolute Gasteiger partial charge is 0.288 e. The maximum absolute atomic E-state index is 11.0. The summed E-state index contributed by atoms with van der Waals surface area (Å²) in [5.41, 5.74) is 6.07. The molecular formula is C11H12N4O. The van der Waals surface area contributed by atoms with Crippen molar-refractivity contribution in [1.29, 1.82) is 0 Å². The number of carbonyl (C=O) groups is 1. The molecule has 5 heteroatoms. The van der Waals surface area contributed by atoms with E-state index >= 15 is 0 Å². The van der Waals surface area contributed by atoms with Crippen molar-refractivity contribution in [3.8, 4) is 11.4 Å². The normalized spacial score (nSPS) is 10.3. The lowest BCUT2D eigenvalue weighted by Gasteiger charge is -2.01. The molecule has 2 aromatic rings. The Morgan fingerprint density at radius 3 is 2.62 bits per heavy atom. The Labute approximate surface area is 92.9 Å². The van der Waals surface area contributed by atoms with Gasteiger partial charge in [0.15, 0.2) is 5.82 Å². The largest absolute Gasteiger partial charge is 0.363 e. The molecule has 0 unspecified atom stereocenters. The van der Waals surface area contributed by atoms with Gasteiger partial charge in [0.1, 0.15) is 0 Å². The van der Waals surface area contributed by atoms with E-state index in [1.807, 2.05) is 37.3 Å². The van der Waals surface area contributed by atoms with Gasteiger partial charge < -0.3 is 5.73 Å². The summed E-state index contributed by atoms with van der Waals surface area (Å²) in [5.74, 6) is 0.113. The predicted molar refractivity (Wildman–Crippen MR) is 59.6 cm³/mol. The van der Waals surface area contributed by atoms with Gasteiger partial charge in [-0.05, 0) is 6.92 Å². The van der Waals surface area contributed by atoms with Crippen LogP contribution in [-0.4, -0.2) is 20.7 Å². The molecule has 1 amide bonds. The second-order valence-corrected chi connectivity index (χ2v) is 3.31. The number of primary amides is 1. The molecule has 0 aliphatic rings. The minimum absolute atomic E-state index is 0.0562. The summed E-state index contributed by atoms with van der Waals surface area (Å²) in [4.78, 5) is 15.1. The molecule has 0 saturated heterocycles. The van der Waals surface area contributed by atoms with E-state index in [1.165, 1.54) is 0 Å². The fourth-order valence-corrected chi connectivity index (χ4v) is 1.47. The molecule has 0 aliphatic heterocycles. The molecule has 0 atom stereocenters. The van der Waals surface area contributed by atoms with Crippen molar-refractivity contribution in [2.45, 2.75) is 13.5 Å². The van der Waals surface area contributed by atoms with E-state index in [0.717, 1.165) is 5.56 Å². The third-order valence-electron chi connectivity index (χ3n) is 2.22. The number of nitrogens with two attached hydrogens (primary N) is 1. The number of nitrogens with zero attached hydrogens (tertiary/aromatic N) is 3. The highest BCUT2D eigenvalue weighted by Gasteiger charge is 2.13. The van der Waals surface area contributed by atoms with E-state index in [0.29, 0.717) is 12.4 Å². The molecule has 5 nitrogen and oxygen atoms in total. The molecule has 2 N–H and O–H groups in total. The van der Waals surface area contributed by atoms with Crippen LogP contribution < -0.4 is 5.73 Å². The van der Waals surface area contributed by atoms with Gasteiger partial charge in [0.05, 0.1) is 0 Å². The highest BCUT2D eigenvalue weighted by Crippen LogP contribution is 2.16. The van der Waals surface area contributed by atoms with E-state index in [1.54, 1.807) is 4.68 Å². The summed E-state index contributed by atoms with van der Waals surface area (Å²) in [6, 6.07) is 9.58. The van der Waals surface area contributed by atoms with Crippen LogP contribution in [0.2, 0.25) is 0 Å². The average Bonchev–Trinajstić information content (AvgIpc) is 2.74. The highest BCUT2D eigenvalue weighted by atomic mass is 16.1. The van der Waals surface area contributed by atoms with Crippen molar-refractivity contribution in [3.05, 3.63) is 36.2 Å². The van der Waals surface area contributed by atoms with Crippen LogP contribution in [0, 0.1) is 0 Å². The van der Waals surface area contributed by atoms with Crippen molar-refractivity contribution in [3.63, 3.8) is 0 Å². The second kappa shape index (κ2) is 4.14. The monoisotopic (exact) mass is 216 g/mol. The van der Waals surface area contributed by atoms with Crippen LogP contribution in [-0.2, 0) is 6.54 Å². The van der Waals surface area contributed by atoms with Gasteiger partial charge in [0.2, 0.25) is 5.82 Å². The van der Waals surface area contributed by atoms with Gasteiger partial charge in [-0.1, -0.05) is 30.3 Å². The Kier molecular flexibility index (Phi) is 2.68. The SMILES string of the molecule is CCn1nc(C(N)=O)nc1-c1ccccc1. The summed E-state index contributed by atoms with van der Waals surface area (Å²) in [6.45, 7) is 2.58. The van der Waals surface area contributed by atoms with Gasteiger partial charge in [-0.25, -0.2) is 9.67 Å². The minimum Gasteiger partial charge on any atom is -0.363 e. The molecule has 1 aromatic heterocycles. The first-order valence-corrected chi connectivity index (χ1v) is 5.02. The Morgan fingerprint density at radius 1 is 1.38 bits per heavy atom. The molecule has 0 saturated carbocycles. The Balaban J connectivity index is 2.52. The lowest BCUT2D eigenvalue weighted by molar-refractivity contribution is 0.0990. The predicted octanol–water partition coefficient (Wildman–Crippen LogP) is 1.06. The number of hydrogen-bond donors (Lipinski definition) is 1. The number of carbonyl (C=O) groups excluding carboxylic acids is 1. The third-order valence-corrected chi connectivity index (χ3v) is 2.22. The minimum atomic E-state index is -0.607. The molecule has 0 spiro atoms. The molecule has 0 bridgehead atoms. The Hall–Kier alpha value is -2.17. The number of aryl methyl sites for hydroxylation is 1. The Morgan fingerprint density at radius 2 is 2.06 bits per heavy atom. The zero-order valence-corrected chi connectivity index (χ0v) is 8.92. The fourth-order valence-electron chi connectivity index (χ4n) is 1.47. The van der Waals surface area contributed by atoms with Gasteiger partial charge in [0.25, 0.3) is 5.91 Å². The number of aromatic nitrogens is 3. The molecule has 82 valence electrons. The highest BCUT2D eigenvalue weighted by molar-refractivity contribution is 5.89. The number of hydrogen-bond acceptors (Lipinski definition) is 3. The fraction of sp³-hybridized carbons (Fsp3) is 0.182. The summed E-state index contributed by atoms with van der Waals surface area (Å²) in [7, 11) is 0. The van der Waals surface area contributed by atoms with Gasteiger partial charge in [0, 0.05) is 12.1 Å². The van der Waals surface area contributed by atoms with E-state index in [-0.39, 0.29) is 5.82 Å². The zero-order chi connectivity index (χ0) is 11.5. The maximum Gasteiger partial charge on any atom is 0.288 e. The zero-order valence-electron chi connectivity index (χ0n) is 8.92. The molecule has 1 heterocycles. The summed E-state index contributed by atoms with van der Waals surface area (Å²) < 4.78 is 1.66. The molecule has 2 rings (SSSR count). The average molecular weight is 216 g/mol. The van der Waals surface area contributed by atoms with Crippen LogP contribution in [0.15, 0.2) is 30.3 Å². The lowest BCUT2D eigenvalue weighted by atomic mass is 10.2. The second-order valence-electron chi connectivity index (χ2n) is 3.31. The molecule has 1 aromatic carbocycles. The number of rotatable bonds is 3. The quantitative estimate of drug-likeness (QED) is 0.833. The maximum atomic E-state index is 11.0. The first kappa shape index (κ1) is 10.4. The van der Waals surface area contributed by atoms with Gasteiger partial charge >= 0.3 is 0 Å². The van der Waals surface area contributed by atoms with Crippen LogP contribution in [0.3, 0.4) is 0 Å². The van der Waals surface area contributed by atoms with Crippen LogP contribution in [0.4, 0.5) is 0 Å². The van der Waals surface area contributed by atoms with Crippen molar-refractivity contribution in [2.75, 3.05) is 0 Å². The van der Waals surface area contributed by atoms with Crippen molar-refractivity contribution in [1.82, 2.24) is 14.8 Å². The van der Waals surface area contributed by atoms with E-state index in [9.17, 15) is 4.79 Å². The van der Waals surface area contributed by atoms with E-state index in [2.05, 4.69) is 10.1 Å². The molecule has 0 aliphatic carbocycles. The van der Waals surface area contributed by atoms with Crippen LogP contribution in [0.1, 0.15) is 17.5 Å². The first-order valence-electron chi connectivity index (χ1n) is 5.02. The van der Waals surface area contributed by atoms with Gasteiger partial charge in [-0.2, -0.15) is 0 Å². The molecule has 0 radical (unpaired) electrons. The summed E-state index contributed by atoms with van der Waals surface area (Å²) >= 11 is 0. The van der Waals surface area contributed by atoms with Crippen molar-refractivity contribution in [2.24, 2.45) is 5.73 Å². The third kappa shape index (κ3) is 1.79. The van der Waals surface area contributed by atoms with E-state index in [4.69, 9.17) is 5.73 Å².